The first kappa shape index (κ1) is 20.4. The number of hydrogen-bond donors (Lipinski definition) is 2. The fourth-order valence-corrected chi connectivity index (χ4v) is 3.28. The highest BCUT2D eigenvalue weighted by molar-refractivity contribution is 6.04. The highest BCUT2D eigenvalue weighted by atomic mass is 16.5. The molecule has 0 atom stereocenters. The summed E-state index contributed by atoms with van der Waals surface area (Å²) in [6, 6.07) is 13.9. The fraction of sp³-hybridized carbons (Fsp3) is 0.318. The van der Waals surface area contributed by atoms with Crippen LogP contribution in [0.2, 0.25) is 0 Å². The Morgan fingerprint density at radius 3 is 2.00 bits per heavy atom. The third-order valence-electron chi connectivity index (χ3n) is 5.07. The molecule has 0 aliphatic carbocycles. The minimum absolute atomic E-state index is 0.0485. The van der Waals surface area contributed by atoms with Crippen molar-refractivity contribution < 1.29 is 19.1 Å². The van der Waals surface area contributed by atoms with Gasteiger partial charge in [0.15, 0.2) is 0 Å². The highest BCUT2D eigenvalue weighted by Gasteiger charge is 2.26. The molecule has 7 heteroatoms. The number of ether oxygens (including phenoxy) is 1. The summed E-state index contributed by atoms with van der Waals surface area (Å²) in [6.07, 6.45) is 1.32. The fourth-order valence-electron chi connectivity index (χ4n) is 3.28. The first-order valence-corrected chi connectivity index (χ1v) is 9.58. The number of rotatable bonds is 5. The lowest BCUT2D eigenvalue weighted by Gasteiger charge is -2.30. The first-order valence-electron chi connectivity index (χ1n) is 9.58. The monoisotopic (exact) mass is 395 g/mol. The molecule has 1 heterocycles. The van der Waals surface area contributed by atoms with Crippen molar-refractivity contribution in [3.63, 3.8) is 0 Å². The van der Waals surface area contributed by atoms with Gasteiger partial charge in [-0.2, -0.15) is 0 Å². The van der Waals surface area contributed by atoms with Gasteiger partial charge in [0.2, 0.25) is 11.8 Å². The summed E-state index contributed by atoms with van der Waals surface area (Å²) in [5.41, 5.74) is 1.81. The summed E-state index contributed by atoms with van der Waals surface area (Å²) in [4.78, 5) is 38.0. The van der Waals surface area contributed by atoms with E-state index in [-0.39, 0.29) is 23.6 Å². The number of carbonyl (C=O) groups is 3. The Balaban J connectivity index is 1.53. The Hall–Kier alpha value is -3.35. The Morgan fingerprint density at radius 2 is 1.45 bits per heavy atom. The number of benzene rings is 2. The van der Waals surface area contributed by atoms with Crippen molar-refractivity contribution in [2.45, 2.75) is 19.8 Å². The van der Waals surface area contributed by atoms with E-state index < -0.39 is 0 Å². The predicted octanol–water partition coefficient (Wildman–Crippen LogP) is 3.14. The number of methoxy groups -OCH3 is 1. The first-order chi connectivity index (χ1) is 14.0. The molecule has 3 rings (SSSR count). The van der Waals surface area contributed by atoms with Crippen molar-refractivity contribution in [2.75, 3.05) is 30.8 Å². The molecular weight excluding hydrogens is 370 g/mol. The molecule has 1 saturated heterocycles. The summed E-state index contributed by atoms with van der Waals surface area (Å²) < 4.78 is 5.10. The van der Waals surface area contributed by atoms with Crippen molar-refractivity contribution in [1.82, 2.24) is 4.90 Å². The molecule has 1 aliphatic rings. The third kappa shape index (κ3) is 5.34. The van der Waals surface area contributed by atoms with E-state index in [0.29, 0.717) is 42.9 Å². The predicted molar refractivity (Wildman–Crippen MR) is 111 cm³/mol. The molecule has 3 amide bonds. The molecule has 0 aromatic heterocycles. The van der Waals surface area contributed by atoms with Crippen LogP contribution in [0.15, 0.2) is 48.5 Å². The van der Waals surface area contributed by atoms with Crippen molar-refractivity contribution >= 4 is 29.1 Å². The molecule has 2 N–H and O–H groups in total. The maximum absolute atomic E-state index is 12.5. The zero-order valence-electron chi connectivity index (χ0n) is 16.6. The lowest BCUT2D eigenvalue weighted by molar-refractivity contribution is -0.132. The van der Waals surface area contributed by atoms with E-state index in [2.05, 4.69) is 10.6 Å². The maximum atomic E-state index is 12.5. The van der Waals surface area contributed by atoms with E-state index in [1.807, 2.05) is 0 Å². The second kappa shape index (κ2) is 9.23. The molecule has 1 aliphatic heterocycles. The van der Waals surface area contributed by atoms with Gasteiger partial charge < -0.3 is 20.3 Å². The van der Waals surface area contributed by atoms with Crippen LogP contribution in [0.25, 0.3) is 0 Å². The second-order valence-electron chi connectivity index (χ2n) is 7.03. The number of amides is 3. The zero-order valence-corrected chi connectivity index (χ0v) is 16.6. The summed E-state index contributed by atoms with van der Waals surface area (Å²) in [5.74, 6) is 0.374. The Kier molecular flexibility index (Phi) is 6.49. The van der Waals surface area contributed by atoms with Crippen molar-refractivity contribution in [1.29, 1.82) is 0 Å². The number of piperidine rings is 1. The molecule has 29 heavy (non-hydrogen) atoms. The third-order valence-corrected chi connectivity index (χ3v) is 5.07. The van der Waals surface area contributed by atoms with Crippen LogP contribution < -0.4 is 15.4 Å². The van der Waals surface area contributed by atoms with Crippen LogP contribution in [0.5, 0.6) is 5.75 Å². The Morgan fingerprint density at radius 1 is 0.897 bits per heavy atom. The van der Waals surface area contributed by atoms with Crippen LogP contribution in [0.1, 0.15) is 30.1 Å². The topological polar surface area (TPSA) is 87.7 Å². The summed E-state index contributed by atoms with van der Waals surface area (Å²) in [7, 11) is 1.59. The Labute approximate surface area is 170 Å². The van der Waals surface area contributed by atoms with E-state index in [0.717, 1.165) is 5.75 Å². The van der Waals surface area contributed by atoms with Crippen LogP contribution in [-0.4, -0.2) is 42.8 Å². The standard InChI is InChI=1S/C22H25N3O4/c1-15(26)25-13-11-17(12-14-25)22(28)23-18-5-3-16(4-6-18)21(27)24-19-7-9-20(29-2)10-8-19/h3-10,17H,11-14H2,1-2H3,(H,23,28)(H,24,27). The van der Waals surface area contributed by atoms with Gasteiger partial charge in [0.05, 0.1) is 7.11 Å². The normalized spacial score (nSPS) is 14.2. The quantitative estimate of drug-likeness (QED) is 0.814. The Bertz CT molecular complexity index is 870. The molecule has 7 nitrogen and oxygen atoms in total. The van der Waals surface area contributed by atoms with Gasteiger partial charge in [-0.25, -0.2) is 0 Å². The summed E-state index contributed by atoms with van der Waals surface area (Å²) in [5, 5.41) is 5.72. The van der Waals surface area contributed by atoms with Crippen LogP contribution >= 0.6 is 0 Å². The molecule has 0 unspecified atom stereocenters. The van der Waals surface area contributed by atoms with Gasteiger partial charge in [0.1, 0.15) is 5.75 Å². The molecule has 0 saturated carbocycles. The average molecular weight is 395 g/mol. The van der Waals surface area contributed by atoms with Crippen molar-refractivity contribution in [2.24, 2.45) is 5.92 Å². The van der Waals surface area contributed by atoms with Gasteiger partial charge in [0.25, 0.3) is 5.91 Å². The van der Waals surface area contributed by atoms with Crippen LogP contribution in [0.4, 0.5) is 11.4 Å². The molecule has 2 aromatic carbocycles. The lowest BCUT2D eigenvalue weighted by atomic mass is 9.96. The minimum Gasteiger partial charge on any atom is -0.497 e. The molecule has 0 radical (unpaired) electrons. The number of nitrogens with zero attached hydrogens (tertiary/aromatic N) is 1. The van der Waals surface area contributed by atoms with Gasteiger partial charge in [-0.05, 0) is 61.4 Å². The molecule has 0 spiro atoms. The summed E-state index contributed by atoms with van der Waals surface area (Å²) in [6.45, 7) is 2.77. The number of nitrogens with one attached hydrogen (secondary N) is 2. The smallest absolute Gasteiger partial charge is 0.255 e. The van der Waals surface area contributed by atoms with Crippen LogP contribution in [0, 0.1) is 5.92 Å². The number of likely N-dealkylation sites (tertiary alicyclic amines) is 1. The van der Waals surface area contributed by atoms with E-state index >= 15 is 0 Å². The van der Waals surface area contributed by atoms with Crippen molar-refractivity contribution in [3.8, 4) is 5.75 Å². The van der Waals surface area contributed by atoms with Crippen LogP contribution in [-0.2, 0) is 9.59 Å². The molecule has 152 valence electrons. The van der Waals surface area contributed by atoms with E-state index in [9.17, 15) is 14.4 Å². The van der Waals surface area contributed by atoms with E-state index in [4.69, 9.17) is 4.74 Å². The second-order valence-corrected chi connectivity index (χ2v) is 7.03. The maximum Gasteiger partial charge on any atom is 0.255 e. The average Bonchev–Trinajstić information content (AvgIpc) is 2.74. The largest absolute Gasteiger partial charge is 0.497 e. The van der Waals surface area contributed by atoms with Gasteiger partial charge >= 0.3 is 0 Å². The number of anilines is 2. The minimum atomic E-state index is -0.232. The lowest BCUT2D eigenvalue weighted by Crippen LogP contribution is -2.40. The van der Waals surface area contributed by atoms with Crippen molar-refractivity contribution in [3.05, 3.63) is 54.1 Å². The van der Waals surface area contributed by atoms with Gasteiger partial charge in [-0.1, -0.05) is 0 Å². The molecular formula is C22H25N3O4. The number of hydrogen-bond acceptors (Lipinski definition) is 4. The number of carbonyl (C=O) groups excluding carboxylic acids is 3. The summed E-state index contributed by atoms with van der Waals surface area (Å²) >= 11 is 0. The van der Waals surface area contributed by atoms with Gasteiger partial charge in [-0.3, -0.25) is 14.4 Å². The highest BCUT2D eigenvalue weighted by Crippen LogP contribution is 2.20. The van der Waals surface area contributed by atoms with Crippen LogP contribution in [0.3, 0.4) is 0 Å². The molecule has 1 fully saturated rings. The van der Waals surface area contributed by atoms with Gasteiger partial charge in [-0.15, -0.1) is 0 Å². The molecule has 0 bridgehead atoms. The van der Waals surface area contributed by atoms with Gasteiger partial charge in [0, 0.05) is 42.9 Å². The van der Waals surface area contributed by atoms with E-state index in [1.54, 1.807) is 67.5 Å². The SMILES string of the molecule is COc1ccc(NC(=O)c2ccc(NC(=O)C3CCN(C(C)=O)CC3)cc2)cc1. The molecule has 2 aromatic rings. The van der Waals surface area contributed by atoms with E-state index in [1.165, 1.54) is 0 Å². The zero-order chi connectivity index (χ0) is 20.8.